The summed E-state index contributed by atoms with van der Waals surface area (Å²) in [5, 5.41) is 2.73. The average Bonchev–Trinajstić information content (AvgIpc) is 2.80. The minimum Gasteiger partial charge on any atom is -0.490 e. The van der Waals surface area contributed by atoms with Crippen molar-refractivity contribution in [3.8, 4) is 11.5 Å². The van der Waals surface area contributed by atoms with Gasteiger partial charge in [-0.2, -0.15) is 0 Å². The average molecular weight is 426 g/mol. The molecule has 2 aromatic rings. The normalized spacial score (nSPS) is 14.2. The molecule has 2 aromatic carbocycles. The molecule has 1 aliphatic rings. The van der Waals surface area contributed by atoms with Gasteiger partial charge >= 0.3 is 0 Å². The highest BCUT2D eigenvalue weighted by Crippen LogP contribution is 2.28. The molecule has 31 heavy (non-hydrogen) atoms. The number of amides is 2. The van der Waals surface area contributed by atoms with Crippen LogP contribution in [-0.4, -0.2) is 67.6 Å². The monoisotopic (exact) mass is 425 g/mol. The van der Waals surface area contributed by atoms with Gasteiger partial charge in [-0.05, 0) is 37.6 Å². The summed E-state index contributed by atoms with van der Waals surface area (Å²) < 4.78 is 11.1. The fraction of sp³-hybridized carbons (Fsp3) is 0.417. The Labute approximate surface area is 183 Å². The third-order valence-electron chi connectivity index (χ3n) is 5.18. The van der Waals surface area contributed by atoms with Crippen LogP contribution in [0.4, 0.5) is 0 Å². The Morgan fingerprint density at radius 1 is 0.903 bits per heavy atom. The van der Waals surface area contributed by atoms with Gasteiger partial charge in [0.2, 0.25) is 5.91 Å². The predicted molar refractivity (Wildman–Crippen MR) is 119 cm³/mol. The van der Waals surface area contributed by atoms with Crippen LogP contribution in [0.15, 0.2) is 48.5 Å². The molecule has 1 heterocycles. The zero-order valence-corrected chi connectivity index (χ0v) is 18.3. The first-order valence-electron chi connectivity index (χ1n) is 10.8. The molecule has 0 aromatic heterocycles. The molecule has 1 N–H and O–H groups in total. The van der Waals surface area contributed by atoms with Crippen molar-refractivity contribution in [2.24, 2.45) is 0 Å². The molecule has 0 aliphatic carbocycles. The van der Waals surface area contributed by atoms with E-state index in [1.165, 1.54) is 5.56 Å². The summed E-state index contributed by atoms with van der Waals surface area (Å²) in [4.78, 5) is 29.2. The van der Waals surface area contributed by atoms with E-state index in [9.17, 15) is 9.59 Å². The van der Waals surface area contributed by atoms with Crippen LogP contribution in [0.3, 0.4) is 0 Å². The number of piperazine rings is 1. The second kappa shape index (κ2) is 11.4. The van der Waals surface area contributed by atoms with Gasteiger partial charge in [0, 0.05) is 38.3 Å². The van der Waals surface area contributed by atoms with Crippen molar-refractivity contribution in [1.29, 1.82) is 0 Å². The Hall–Kier alpha value is -3.06. The number of nitrogens with zero attached hydrogens (tertiary/aromatic N) is 2. The molecule has 7 heteroatoms. The summed E-state index contributed by atoms with van der Waals surface area (Å²) in [6.45, 7) is 8.60. The highest BCUT2D eigenvalue weighted by molar-refractivity contribution is 5.97. The molecular weight excluding hydrogens is 394 g/mol. The van der Waals surface area contributed by atoms with Crippen molar-refractivity contribution in [2.45, 2.75) is 20.4 Å². The van der Waals surface area contributed by atoms with Crippen molar-refractivity contribution in [1.82, 2.24) is 15.1 Å². The lowest BCUT2D eigenvalue weighted by Gasteiger charge is -2.34. The van der Waals surface area contributed by atoms with E-state index in [0.717, 1.165) is 19.6 Å². The number of ether oxygens (including phenoxy) is 2. The summed E-state index contributed by atoms with van der Waals surface area (Å²) in [5.41, 5.74) is 1.71. The molecule has 0 radical (unpaired) electrons. The third-order valence-corrected chi connectivity index (χ3v) is 5.18. The number of rotatable bonds is 9. The number of carbonyl (C=O) groups excluding carboxylic acids is 2. The second-order valence-electron chi connectivity index (χ2n) is 7.35. The van der Waals surface area contributed by atoms with Gasteiger partial charge in [-0.3, -0.25) is 14.5 Å². The molecule has 1 fully saturated rings. The maximum atomic E-state index is 12.6. The van der Waals surface area contributed by atoms with E-state index in [1.54, 1.807) is 18.2 Å². The van der Waals surface area contributed by atoms with E-state index >= 15 is 0 Å². The van der Waals surface area contributed by atoms with Crippen LogP contribution in [0.25, 0.3) is 0 Å². The molecule has 166 valence electrons. The van der Waals surface area contributed by atoms with Crippen LogP contribution in [0.2, 0.25) is 0 Å². The van der Waals surface area contributed by atoms with Gasteiger partial charge < -0.3 is 19.7 Å². The second-order valence-corrected chi connectivity index (χ2v) is 7.35. The van der Waals surface area contributed by atoms with E-state index in [4.69, 9.17) is 9.47 Å². The molecule has 0 unspecified atom stereocenters. The molecule has 0 spiro atoms. The molecule has 0 saturated carbocycles. The van der Waals surface area contributed by atoms with Gasteiger partial charge in [-0.15, -0.1) is 0 Å². The standard InChI is InChI=1S/C24H31N3O4/c1-3-30-21-11-10-20(16-22(21)31-4-2)24(29)25-17-23(28)27-14-12-26(13-15-27)18-19-8-6-5-7-9-19/h5-11,16H,3-4,12-15,17-18H2,1-2H3,(H,25,29). The molecule has 2 amide bonds. The minimum absolute atomic E-state index is 0.0191. The molecule has 0 bridgehead atoms. The number of hydrogen-bond acceptors (Lipinski definition) is 5. The lowest BCUT2D eigenvalue weighted by atomic mass is 10.2. The molecule has 1 saturated heterocycles. The summed E-state index contributed by atoms with van der Waals surface area (Å²) >= 11 is 0. The fourth-order valence-corrected chi connectivity index (χ4v) is 3.56. The molecule has 7 nitrogen and oxygen atoms in total. The molecular formula is C24H31N3O4. The summed E-state index contributed by atoms with van der Waals surface area (Å²) in [6, 6.07) is 15.4. The van der Waals surface area contributed by atoms with Gasteiger partial charge in [0.15, 0.2) is 11.5 Å². The SMILES string of the molecule is CCOc1ccc(C(=O)NCC(=O)N2CCN(Cc3ccccc3)CC2)cc1OCC. The van der Waals surface area contributed by atoms with E-state index in [-0.39, 0.29) is 18.4 Å². The first kappa shape index (κ1) is 22.6. The fourth-order valence-electron chi connectivity index (χ4n) is 3.56. The lowest BCUT2D eigenvalue weighted by Crippen LogP contribution is -2.50. The van der Waals surface area contributed by atoms with Gasteiger partial charge in [0.1, 0.15) is 0 Å². The largest absolute Gasteiger partial charge is 0.490 e. The zero-order chi connectivity index (χ0) is 22.1. The maximum absolute atomic E-state index is 12.6. The van der Waals surface area contributed by atoms with Crippen LogP contribution in [-0.2, 0) is 11.3 Å². The van der Waals surface area contributed by atoms with Crippen molar-refractivity contribution in [3.05, 3.63) is 59.7 Å². The van der Waals surface area contributed by atoms with Crippen LogP contribution in [0, 0.1) is 0 Å². The van der Waals surface area contributed by atoms with Crippen molar-refractivity contribution < 1.29 is 19.1 Å². The van der Waals surface area contributed by atoms with Gasteiger partial charge in [-0.1, -0.05) is 30.3 Å². The van der Waals surface area contributed by atoms with E-state index in [2.05, 4.69) is 22.3 Å². The topological polar surface area (TPSA) is 71.1 Å². The first-order valence-corrected chi connectivity index (χ1v) is 10.8. The predicted octanol–water partition coefficient (Wildman–Crippen LogP) is 2.56. The van der Waals surface area contributed by atoms with E-state index < -0.39 is 0 Å². The van der Waals surface area contributed by atoms with Crippen molar-refractivity contribution in [3.63, 3.8) is 0 Å². The quantitative estimate of drug-likeness (QED) is 0.669. The zero-order valence-electron chi connectivity index (χ0n) is 18.3. The first-order chi connectivity index (χ1) is 15.1. The number of hydrogen-bond donors (Lipinski definition) is 1. The van der Waals surface area contributed by atoms with E-state index in [0.29, 0.717) is 43.4 Å². The van der Waals surface area contributed by atoms with Gasteiger partial charge in [0.25, 0.3) is 5.91 Å². The maximum Gasteiger partial charge on any atom is 0.251 e. The molecule has 1 aliphatic heterocycles. The Bertz CT molecular complexity index is 864. The Balaban J connectivity index is 1.47. The summed E-state index contributed by atoms with van der Waals surface area (Å²) in [7, 11) is 0. The number of nitrogens with one attached hydrogen (secondary N) is 1. The highest BCUT2D eigenvalue weighted by atomic mass is 16.5. The lowest BCUT2D eigenvalue weighted by molar-refractivity contribution is -0.131. The summed E-state index contributed by atoms with van der Waals surface area (Å²) in [6.07, 6.45) is 0. The van der Waals surface area contributed by atoms with Crippen LogP contribution >= 0.6 is 0 Å². The smallest absolute Gasteiger partial charge is 0.251 e. The summed E-state index contributed by atoms with van der Waals surface area (Å²) in [5.74, 6) is 0.756. The van der Waals surface area contributed by atoms with Gasteiger partial charge in [-0.25, -0.2) is 0 Å². The van der Waals surface area contributed by atoms with Crippen molar-refractivity contribution >= 4 is 11.8 Å². The number of benzene rings is 2. The van der Waals surface area contributed by atoms with Crippen LogP contribution in [0.5, 0.6) is 11.5 Å². The third kappa shape index (κ3) is 6.46. The minimum atomic E-state index is -0.305. The number of carbonyl (C=O) groups is 2. The van der Waals surface area contributed by atoms with Gasteiger partial charge in [0.05, 0.1) is 19.8 Å². The molecule has 0 atom stereocenters. The van der Waals surface area contributed by atoms with E-state index in [1.807, 2.05) is 36.9 Å². The molecule has 3 rings (SSSR count). The highest BCUT2D eigenvalue weighted by Gasteiger charge is 2.21. The van der Waals surface area contributed by atoms with Crippen LogP contribution in [0.1, 0.15) is 29.8 Å². The Morgan fingerprint density at radius 3 is 2.26 bits per heavy atom. The Kier molecular flexibility index (Phi) is 8.29. The van der Waals surface area contributed by atoms with Crippen molar-refractivity contribution in [2.75, 3.05) is 45.9 Å². The van der Waals surface area contributed by atoms with Crippen LogP contribution < -0.4 is 14.8 Å². The Morgan fingerprint density at radius 2 is 1.58 bits per heavy atom.